The summed E-state index contributed by atoms with van der Waals surface area (Å²) in [6.07, 6.45) is 1.86. The molecule has 92 valence electrons. The number of rotatable bonds is 3. The van der Waals surface area contributed by atoms with Crippen molar-refractivity contribution in [2.24, 2.45) is 5.73 Å². The lowest BCUT2D eigenvalue weighted by Crippen LogP contribution is -2.13. The summed E-state index contributed by atoms with van der Waals surface area (Å²) in [5, 5.41) is 8.79. The fourth-order valence-corrected chi connectivity index (χ4v) is 1.96. The Bertz CT molecular complexity index is 593. The highest BCUT2D eigenvalue weighted by Crippen LogP contribution is 2.17. The molecule has 1 aromatic heterocycles. The predicted molar refractivity (Wildman–Crippen MR) is 67.3 cm³/mol. The van der Waals surface area contributed by atoms with Crippen LogP contribution in [0.1, 0.15) is 29.8 Å². The third kappa shape index (κ3) is 2.27. The molecular formula is C14H14FN3. The molecule has 0 spiro atoms. The first-order chi connectivity index (χ1) is 8.63. The highest BCUT2D eigenvalue weighted by Gasteiger charge is 2.10. The summed E-state index contributed by atoms with van der Waals surface area (Å²) in [7, 11) is 0. The summed E-state index contributed by atoms with van der Waals surface area (Å²) in [5.74, 6) is -0.454. The van der Waals surface area contributed by atoms with Gasteiger partial charge < -0.3 is 10.3 Å². The number of hydrogen-bond donors (Lipinski definition) is 1. The predicted octanol–water partition coefficient (Wildman–Crippen LogP) is 2.57. The fraction of sp³-hybridized carbons (Fsp3) is 0.214. The number of nitrogens with zero attached hydrogens (tertiary/aromatic N) is 2. The molecule has 1 heterocycles. The van der Waals surface area contributed by atoms with E-state index in [4.69, 9.17) is 11.0 Å². The maximum Gasteiger partial charge on any atom is 0.145 e. The van der Waals surface area contributed by atoms with E-state index < -0.39 is 5.82 Å². The summed E-state index contributed by atoms with van der Waals surface area (Å²) < 4.78 is 15.8. The summed E-state index contributed by atoms with van der Waals surface area (Å²) >= 11 is 0. The Balaban J connectivity index is 2.35. The molecule has 3 nitrogen and oxygen atoms in total. The van der Waals surface area contributed by atoms with E-state index in [0.29, 0.717) is 12.1 Å². The van der Waals surface area contributed by atoms with E-state index in [2.05, 4.69) is 0 Å². The topological polar surface area (TPSA) is 54.7 Å². The summed E-state index contributed by atoms with van der Waals surface area (Å²) in [5.41, 5.74) is 7.35. The smallest absolute Gasteiger partial charge is 0.145 e. The van der Waals surface area contributed by atoms with Crippen LogP contribution in [0, 0.1) is 17.1 Å². The molecule has 18 heavy (non-hydrogen) atoms. The molecule has 0 aliphatic carbocycles. The van der Waals surface area contributed by atoms with Crippen molar-refractivity contribution in [3.63, 3.8) is 0 Å². The van der Waals surface area contributed by atoms with Crippen LogP contribution in [0.2, 0.25) is 0 Å². The molecule has 1 atom stereocenters. The minimum Gasteiger partial charge on any atom is -0.345 e. The van der Waals surface area contributed by atoms with Gasteiger partial charge in [0.1, 0.15) is 11.9 Å². The lowest BCUT2D eigenvalue weighted by atomic mass is 10.1. The van der Waals surface area contributed by atoms with Crippen molar-refractivity contribution in [1.82, 2.24) is 4.57 Å². The van der Waals surface area contributed by atoms with Gasteiger partial charge in [0, 0.05) is 23.5 Å². The lowest BCUT2D eigenvalue weighted by molar-refractivity contribution is 0.587. The normalized spacial score (nSPS) is 12.1. The van der Waals surface area contributed by atoms with Crippen LogP contribution in [0.5, 0.6) is 0 Å². The van der Waals surface area contributed by atoms with Gasteiger partial charge in [0.15, 0.2) is 0 Å². The Morgan fingerprint density at radius 3 is 2.83 bits per heavy atom. The average molecular weight is 243 g/mol. The molecule has 0 fully saturated rings. The van der Waals surface area contributed by atoms with Gasteiger partial charge in [0.25, 0.3) is 0 Å². The van der Waals surface area contributed by atoms with Crippen molar-refractivity contribution in [3.05, 3.63) is 59.2 Å². The maximum atomic E-state index is 13.9. The van der Waals surface area contributed by atoms with E-state index >= 15 is 0 Å². The van der Waals surface area contributed by atoms with Gasteiger partial charge in [-0.3, -0.25) is 0 Å². The minimum absolute atomic E-state index is 0.0713. The fourth-order valence-electron chi connectivity index (χ4n) is 1.96. The second-order valence-corrected chi connectivity index (χ2v) is 4.24. The number of nitriles is 1. The average Bonchev–Trinajstić information content (AvgIpc) is 2.80. The summed E-state index contributed by atoms with van der Waals surface area (Å²) in [6, 6.07) is 10.4. The number of nitrogens with two attached hydrogens (primary N) is 1. The third-order valence-electron chi connectivity index (χ3n) is 2.87. The first-order valence-corrected chi connectivity index (χ1v) is 5.71. The van der Waals surface area contributed by atoms with Crippen LogP contribution in [0.4, 0.5) is 4.39 Å². The summed E-state index contributed by atoms with van der Waals surface area (Å²) in [4.78, 5) is 0. The molecule has 0 saturated heterocycles. The molecule has 0 bridgehead atoms. The molecule has 0 amide bonds. The van der Waals surface area contributed by atoms with Gasteiger partial charge in [-0.15, -0.1) is 0 Å². The van der Waals surface area contributed by atoms with Gasteiger partial charge in [-0.25, -0.2) is 4.39 Å². The molecule has 2 N–H and O–H groups in total. The van der Waals surface area contributed by atoms with Gasteiger partial charge in [-0.1, -0.05) is 12.1 Å². The second kappa shape index (κ2) is 5.03. The standard InChI is InChI=1S/C14H14FN3/c1-10(17)13-6-3-7-18(13)9-12-5-2-4-11(8-16)14(12)15/h2-7,10H,9,17H2,1H3. The van der Waals surface area contributed by atoms with Crippen molar-refractivity contribution in [1.29, 1.82) is 5.26 Å². The molecule has 2 rings (SSSR count). The van der Waals surface area contributed by atoms with Crippen LogP contribution in [0.3, 0.4) is 0 Å². The van der Waals surface area contributed by atoms with Crippen LogP contribution in [-0.2, 0) is 6.54 Å². The van der Waals surface area contributed by atoms with E-state index in [0.717, 1.165) is 5.69 Å². The SMILES string of the molecule is CC(N)c1cccn1Cc1cccc(C#N)c1F. The Labute approximate surface area is 105 Å². The Hall–Kier alpha value is -2.12. The number of halogens is 1. The molecule has 0 radical (unpaired) electrons. The van der Waals surface area contributed by atoms with Gasteiger partial charge in [-0.2, -0.15) is 5.26 Å². The van der Waals surface area contributed by atoms with Crippen LogP contribution in [-0.4, -0.2) is 4.57 Å². The zero-order valence-electron chi connectivity index (χ0n) is 10.1. The van der Waals surface area contributed by atoms with Crippen molar-refractivity contribution in [2.45, 2.75) is 19.5 Å². The van der Waals surface area contributed by atoms with Crippen LogP contribution >= 0.6 is 0 Å². The second-order valence-electron chi connectivity index (χ2n) is 4.24. The number of aromatic nitrogens is 1. The Kier molecular flexibility index (Phi) is 3.45. The molecule has 0 saturated carbocycles. The lowest BCUT2D eigenvalue weighted by Gasteiger charge is -2.12. The highest BCUT2D eigenvalue weighted by atomic mass is 19.1. The van der Waals surface area contributed by atoms with Crippen LogP contribution in [0.15, 0.2) is 36.5 Å². The first-order valence-electron chi connectivity index (χ1n) is 5.71. The minimum atomic E-state index is -0.454. The van der Waals surface area contributed by atoms with Gasteiger partial charge in [-0.05, 0) is 25.1 Å². The first kappa shape index (κ1) is 12.3. The van der Waals surface area contributed by atoms with E-state index in [-0.39, 0.29) is 11.6 Å². The third-order valence-corrected chi connectivity index (χ3v) is 2.87. The van der Waals surface area contributed by atoms with E-state index in [9.17, 15) is 4.39 Å². The maximum absolute atomic E-state index is 13.9. The summed E-state index contributed by atoms with van der Waals surface area (Å²) in [6.45, 7) is 2.26. The zero-order chi connectivity index (χ0) is 13.1. The van der Waals surface area contributed by atoms with Gasteiger partial charge >= 0.3 is 0 Å². The quantitative estimate of drug-likeness (QED) is 0.900. The van der Waals surface area contributed by atoms with Crippen molar-refractivity contribution < 1.29 is 4.39 Å². The van der Waals surface area contributed by atoms with E-state index in [1.54, 1.807) is 12.1 Å². The molecule has 2 aromatic rings. The van der Waals surface area contributed by atoms with Crippen molar-refractivity contribution in [2.75, 3.05) is 0 Å². The molecular weight excluding hydrogens is 229 g/mol. The Morgan fingerprint density at radius 2 is 2.17 bits per heavy atom. The van der Waals surface area contributed by atoms with E-state index in [1.807, 2.05) is 35.9 Å². The highest BCUT2D eigenvalue weighted by molar-refractivity contribution is 5.35. The van der Waals surface area contributed by atoms with E-state index in [1.165, 1.54) is 6.07 Å². The molecule has 0 aliphatic rings. The molecule has 1 aromatic carbocycles. The van der Waals surface area contributed by atoms with Crippen LogP contribution < -0.4 is 5.73 Å². The molecule has 1 unspecified atom stereocenters. The molecule has 4 heteroatoms. The van der Waals surface area contributed by atoms with Crippen molar-refractivity contribution >= 4 is 0 Å². The zero-order valence-corrected chi connectivity index (χ0v) is 10.1. The number of hydrogen-bond acceptors (Lipinski definition) is 2. The van der Waals surface area contributed by atoms with Crippen molar-refractivity contribution in [3.8, 4) is 6.07 Å². The monoisotopic (exact) mass is 243 g/mol. The number of benzene rings is 1. The van der Waals surface area contributed by atoms with Gasteiger partial charge in [0.2, 0.25) is 0 Å². The largest absolute Gasteiger partial charge is 0.345 e. The molecule has 0 aliphatic heterocycles. The van der Waals surface area contributed by atoms with Gasteiger partial charge in [0.05, 0.1) is 12.1 Å². The van der Waals surface area contributed by atoms with Crippen LogP contribution in [0.25, 0.3) is 0 Å². The Morgan fingerprint density at radius 1 is 1.39 bits per heavy atom.